The maximum Gasteiger partial charge on any atom is 0.0746 e. The predicted molar refractivity (Wildman–Crippen MR) is 83.0 cm³/mol. The molecule has 1 aromatic rings. The van der Waals surface area contributed by atoms with Crippen LogP contribution in [0.25, 0.3) is 0 Å². The van der Waals surface area contributed by atoms with E-state index in [1.165, 1.54) is 0 Å². The molecule has 0 aliphatic rings. The summed E-state index contributed by atoms with van der Waals surface area (Å²) in [7, 11) is 0. The third-order valence-electron chi connectivity index (χ3n) is 3.07. The van der Waals surface area contributed by atoms with Crippen molar-refractivity contribution in [2.45, 2.75) is 45.8 Å². The Bertz CT molecular complexity index is 419. The molecule has 0 heterocycles. The molecule has 0 aliphatic carbocycles. The predicted octanol–water partition coefficient (Wildman–Crippen LogP) is 4.44. The van der Waals surface area contributed by atoms with Gasteiger partial charge in [0.25, 0.3) is 0 Å². The first kappa shape index (κ1) is 16.8. The van der Waals surface area contributed by atoms with Gasteiger partial charge < -0.3 is 10.4 Å². The second kappa shape index (κ2) is 6.94. The molecule has 0 saturated carbocycles. The number of rotatable bonds is 6. The lowest BCUT2D eigenvalue weighted by atomic mass is 9.94. The fourth-order valence-corrected chi connectivity index (χ4v) is 2.86. The van der Waals surface area contributed by atoms with E-state index in [0.717, 1.165) is 12.0 Å². The summed E-state index contributed by atoms with van der Waals surface area (Å²) in [5, 5.41) is 14.9. The van der Waals surface area contributed by atoms with Crippen molar-refractivity contribution < 1.29 is 5.11 Å². The average Bonchev–Trinajstić information content (AvgIpc) is 2.24. The first-order chi connectivity index (χ1) is 8.71. The Morgan fingerprint density at radius 3 is 2.42 bits per heavy atom. The van der Waals surface area contributed by atoms with Gasteiger partial charge in [-0.15, -0.1) is 0 Å². The van der Waals surface area contributed by atoms with Gasteiger partial charge in [-0.25, -0.2) is 0 Å². The van der Waals surface area contributed by atoms with Crippen LogP contribution < -0.4 is 5.32 Å². The Labute approximate surface area is 126 Å². The maximum atomic E-state index is 10.3. The minimum absolute atomic E-state index is 0.0726. The summed E-state index contributed by atoms with van der Waals surface area (Å²) >= 11 is 12.1. The van der Waals surface area contributed by atoms with E-state index in [4.69, 9.17) is 23.2 Å². The second-order valence-electron chi connectivity index (χ2n) is 5.86. The Kier molecular flexibility index (Phi) is 6.13. The van der Waals surface area contributed by atoms with Gasteiger partial charge >= 0.3 is 0 Å². The highest BCUT2D eigenvalue weighted by Crippen LogP contribution is 2.26. The van der Waals surface area contributed by atoms with Crippen LogP contribution in [0.2, 0.25) is 10.0 Å². The molecule has 0 aromatic heterocycles. The molecule has 0 fully saturated rings. The van der Waals surface area contributed by atoms with Crippen molar-refractivity contribution in [3.8, 4) is 0 Å². The Morgan fingerprint density at radius 2 is 1.89 bits per heavy atom. The zero-order valence-electron chi connectivity index (χ0n) is 12.0. The molecular weight excluding hydrogens is 281 g/mol. The third kappa shape index (κ3) is 5.70. The van der Waals surface area contributed by atoms with E-state index in [1.807, 2.05) is 26.0 Å². The highest BCUT2D eigenvalue weighted by molar-refractivity contribution is 6.35. The van der Waals surface area contributed by atoms with E-state index in [9.17, 15) is 5.11 Å². The first-order valence-corrected chi connectivity index (χ1v) is 7.37. The number of hydrogen-bond donors (Lipinski definition) is 2. The highest BCUT2D eigenvalue weighted by Gasteiger charge is 2.22. The Morgan fingerprint density at radius 1 is 1.26 bits per heavy atom. The molecule has 0 amide bonds. The van der Waals surface area contributed by atoms with Crippen LogP contribution >= 0.6 is 23.2 Å². The molecule has 0 saturated heterocycles. The topological polar surface area (TPSA) is 32.3 Å². The monoisotopic (exact) mass is 303 g/mol. The lowest BCUT2D eigenvalue weighted by molar-refractivity contribution is 0.0363. The number of halogens is 2. The number of nitrogens with one attached hydrogen (secondary N) is 1. The van der Waals surface area contributed by atoms with Crippen LogP contribution in [-0.2, 0) is 0 Å². The lowest BCUT2D eigenvalue weighted by Gasteiger charge is -2.28. The van der Waals surface area contributed by atoms with Crippen molar-refractivity contribution in [2.24, 2.45) is 5.92 Å². The van der Waals surface area contributed by atoms with E-state index in [-0.39, 0.29) is 6.04 Å². The van der Waals surface area contributed by atoms with E-state index >= 15 is 0 Å². The fourth-order valence-electron chi connectivity index (χ4n) is 2.29. The highest BCUT2D eigenvalue weighted by atomic mass is 35.5. The number of aliphatic hydroxyl groups is 1. The van der Waals surface area contributed by atoms with Gasteiger partial charge in [0.1, 0.15) is 0 Å². The standard InChI is InChI=1S/C15H23Cl2NO/c1-10(2)8-15(4,19)9-18-11(3)13-6-5-12(16)7-14(13)17/h5-7,10-11,18-19H,8-9H2,1-4H3. The smallest absolute Gasteiger partial charge is 0.0746 e. The van der Waals surface area contributed by atoms with E-state index in [1.54, 1.807) is 6.07 Å². The van der Waals surface area contributed by atoms with Crippen molar-refractivity contribution >= 4 is 23.2 Å². The van der Waals surface area contributed by atoms with Crippen molar-refractivity contribution in [3.05, 3.63) is 33.8 Å². The third-order valence-corrected chi connectivity index (χ3v) is 3.63. The van der Waals surface area contributed by atoms with E-state index in [0.29, 0.717) is 22.5 Å². The quantitative estimate of drug-likeness (QED) is 0.814. The van der Waals surface area contributed by atoms with E-state index < -0.39 is 5.60 Å². The molecular formula is C15H23Cl2NO. The number of benzene rings is 1. The molecule has 4 heteroatoms. The summed E-state index contributed by atoms with van der Waals surface area (Å²) in [6.45, 7) is 8.63. The van der Waals surface area contributed by atoms with Gasteiger partial charge in [0, 0.05) is 22.6 Å². The minimum Gasteiger partial charge on any atom is -0.389 e. The van der Waals surface area contributed by atoms with Crippen molar-refractivity contribution in [1.29, 1.82) is 0 Å². The first-order valence-electron chi connectivity index (χ1n) is 6.62. The zero-order valence-corrected chi connectivity index (χ0v) is 13.5. The summed E-state index contributed by atoms with van der Waals surface area (Å²) in [4.78, 5) is 0. The van der Waals surface area contributed by atoms with Crippen LogP contribution in [0.3, 0.4) is 0 Å². The molecule has 1 rings (SSSR count). The molecule has 0 spiro atoms. The molecule has 108 valence electrons. The Hall–Kier alpha value is -0.280. The Balaban J connectivity index is 2.62. The normalized spacial score (nSPS) is 16.4. The molecule has 2 atom stereocenters. The lowest BCUT2D eigenvalue weighted by Crippen LogP contribution is -2.39. The minimum atomic E-state index is -0.707. The summed E-state index contributed by atoms with van der Waals surface area (Å²) in [5.41, 5.74) is 0.285. The van der Waals surface area contributed by atoms with Crippen LogP contribution in [0, 0.1) is 5.92 Å². The summed E-state index contributed by atoms with van der Waals surface area (Å²) in [5.74, 6) is 0.464. The van der Waals surface area contributed by atoms with Gasteiger partial charge in [-0.05, 0) is 43.9 Å². The van der Waals surface area contributed by atoms with Crippen LogP contribution in [0.5, 0.6) is 0 Å². The maximum absolute atomic E-state index is 10.3. The SMILES string of the molecule is CC(C)CC(C)(O)CNC(C)c1ccc(Cl)cc1Cl. The van der Waals surface area contributed by atoms with Crippen LogP contribution in [0.4, 0.5) is 0 Å². The van der Waals surface area contributed by atoms with Crippen molar-refractivity contribution in [2.75, 3.05) is 6.54 Å². The van der Waals surface area contributed by atoms with Crippen LogP contribution in [-0.4, -0.2) is 17.3 Å². The largest absolute Gasteiger partial charge is 0.389 e. The zero-order chi connectivity index (χ0) is 14.6. The van der Waals surface area contributed by atoms with Gasteiger partial charge in [-0.2, -0.15) is 0 Å². The summed E-state index contributed by atoms with van der Waals surface area (Å²) in [6.07, 6.45) is 0.765. The molecule has 19 heavy (non-hydrogen) atoms. The molecule has 0 radical (unpaired) electrons. The molecule has 0 bridgehead atoms. The fraction of sp³-hybridized carbons (Fsp3) is 0.600. The summed E-state index contributed by atoms with van der Waals surface area (Å²) < 4.78 is 0. The molecule has 0 aliphatic heterocycles. The van der Waals surface area contributed by atoms with E-state index in [2.05, 4.69) is 19.2 Å². The van der Waals surface area contributed by atoms with Gasteiger partial charge in [-0.3, -0.25) is 0 Å². The van der Waals surface area contributed by atoms with Gasteiger partial charge in [0.05, 0.1) is 5.60 Å². The van der Waals surface area contributed by atoms with Gasteiger partial charge in [-0.1, -0.05) is 43.1 Å². The molecule has 1 aromatic carbocycles. The second-order valence-corrected chi connectivity index (χ2v) is 6.71. The van der Waals surface area contributed by atoms with Crippen molar-refractivity contribution in [3.63, 3.8) is 0 Å². The molecule has 2 unspecified atom stereocenters. The van der Waals surface area contributed by atoms with Gasteiger partial charge in [0.15, 0.2) is 0 Å². The van der Waals surface area contributed by atoms with Crippen molar-refractivity contribution in [1.82, 2.24) is 5.32 Å². The number of hydrogen-bond acceptors (Lipinski definition) is 2. The average molecular weight is 304 g/mol. The van der Waals surface area contributed by atoms with Crippen LogP contribution in [0.1, 0.15) is 45.7 Å². The molecule has 2 N–H and O–H groups in total. The van der Waals surface area contributed by atoms with Crippen LogP contribution in [0.15, 0.2) is 18.2 Å². The summed E-state index contributed by atoms with van der Waals surface area (Å²) in [6, 6.07) is 5.55. The molecule has 2 nitrogen and oxygen atoms in total. The van der Waals surface area contributed by atoms with Gasteiger partial charge in [0.2, 0.25) is 0 Å².